The van der Waals surface area contributed by atoms with Crippen molar-refractivity contribution in [1.82, 2.24) is 4.98 Å². The van der Waals surface area contributed by atoms with Gasteiger partial charge >= 0.3 is 0 Å². The Morgan fingerprint density at radius 2 is 2.05 bits per heavy atom. The summed E-state index contributed by atoms with van der Waals surface area (Å²) in [5.74, 6) is 0.463. The van der Waals surface area contributed by atoms with Crippen LogP contribution in [0.3, 0.4) is 0 Å². The Morgan fingerprint density at radius 1 is 1.32 bits per heavy atom. The number of amidine groups is 1. The number of hydrogen-bond acceptors (Lipinski definition) is 4. The number of nitrogens with one attached hydrogen (secondary N) is 1. The van der Waals surface area contributed by atoms with Gasteiger partial charge in [-0.25, -0.2) is 4.98 Å². The highest BCUT2D eigenvalue weighted by molar-refractivity contribution is 7.13. The first-order chi connectivity index (χ1) is 10.4. The van der Waals surface area contributed by atoms with Gasteiger partial charge in [-0.2, -0.15) is 0 Å². The molecule has 1 aliphatic heterocycles. The van der Waals surface area contributed by atoms with E-state index in [0.29, 0.717) is 15.6 Å². The number of rotatable bonds is 2. The Kier molecular flexibility index (Phi) is 3.70. The summed E-state index contributed by atoms with van der Waals surface area (Å²) < 4.78 is 0. The fraction of sp³-hybridized carbons (Fsp3) is 0.250. The summed E-state index contributed by atoms with van der Waals surface area (Å²) in [6.45, 7) is 6.16. The van der Waals surface area contributed by atoms with Gasteiger partial charge in [-0.15, -0.1) is 11.3 Å². The number of aliphatic hydroxyl groups excluding tert-OH is 1. The summed E-state index contributed by atoms with van der Waals surface area (Å²) >= 11 is 7.50. The van der Waals surface area contributed by atoms with E-state index in [1.165, 1.54) is 11.3 Å². The number of hydrogen-bond donors (Lipinski definition) is 2. The minimum atomic E-state index is 0.188. The van der Waals surface area contributed by atoms with Crippen LogP contribution in [0.15, 0.2) is 24.0 Å². The molecule has 6 heteroatoms. The molecule has 4 nitrogen and oxygen atoms in total. The van der Waals surface area contributed by atoms with Gasteiger partial charge in [0.05, 0.1) is 17.8 Å². The van der Waals surface area contributed by atoms with Crippen LogP contribution < -0.4 is 4.90 Å². The number of aryl methyl sites for hydroxylation is 3. The monoisotopic (exact) mass is 333 g/mol. The third-order valence-corrected chi connectivity index (χ3v) is 5.12. The van der Waals surface area contributed by atoms with Crippen LogP contribution in [0.25, 0.3) is 5.57 Å². The van der Waals surface area contributed by atoms with E-state index in [1.54, 1.807) is 11.0 Å². The van der Waals surface area contributed by atoms with Crippen LogP contribution in [0.1, 0.15) is 21.1 Å². The standard InChI is InChI=1S/C16H16ClN3OS/c1-8-6-11(17)4-5-12(8)20-7-13(21)14(15(20)18)16-19-9(2)10(3)22-16/h4-6,18,21H,7H2,1-3H3. The van der Waals surface area contributed by atoms with Crippen molar-refractivity contribution in [3.05, 3.63) is 50.1 Å². The number of nitrogens with zero attached hydrogens (tertiary/aromatic N) is 2. The first kappa shape index (κ1) is 15.1. The molecule has 1 aliphatic rings. The lowest BCUT2D eigenvalue weighted by molar-refractivity contribution is 0.411. The molecule has 114 valence electrons. The first-order valence-corrected chi connectivity index (χ1v) is 8.07. The van der Waals surface area contributed by atoms with Crippen LogP contribution in [-0.4, -0.2) is 22.5 Å². The second-order valence-electron chi connectivity index (χ2n) is 5.35. The predicted octanol–water partition coefficient (Wildman–Crippen LogP) is 4.49. The average Bonchev–Trinajstić information content (AvgIpc) is 2.90. The van der Waals surface area contributed by atoms with Gasteiger partial charge in [-0.05, 0) is 44.5 Å². The normalized spacial score (nSPS) is 15.1. The molecule has 0 radical (unpaired) electrons. The van der Waals surface area contributed by atoms with E-state index < -0.39 is 0 Å². The zero-order chi connectivity index (χ0) is 16.0. The molecule has 0 spiro atoms. The minimum Gasteiger partial charge on any atom is -0.510 e. The molecule has 0 atom stereocenters. The fourth-order valence-electron chi connectivity index (χ4n) is 2.51. The van der Waals surface area contributed by atoms with Gasteiger partial charge in [0.25, 0.3) is 0 Å². The molecule has 0 fully saturated rings. The van der Waals surface area contributed by atoms with Crippen LogP contribution in [-0.2, 0) is 0 Å². The van der Waals surface area contributed by atoms with Crippen LogP contribution in [0.2, 0.25) is 5.02 Å². The molecule has 0 aliphatic carbocycles. The topological polar surface area (TPSA) is 60.2 Å². The lowest BCUT2D eigenvalue weighted by atomic mass is 10.2. The molecule has 1 aromatic heterocycles. The highest BCUT2D eigenvalue weighted by atomic mass is 35.5. The number of aliphatic hydroxyl groups is 1. The second kappa shape index (κ2) is 5.41. The van der Waals surface area contributed by atoms with E-state index in [4.69, 9.17) is 17.0 Å². The molecule has 2 heterocycles. The lowest BCUT2D eigenvalue weighted by Gasteiger charge is -2.21. The van der Waals surface area contributed by atoms with E-state index in [9.17, 15) is 5.11 Å². The van der Waals surface area contributed by atoms with E-state index >= 15 is 0 Å². The van der Waals surface area contributed by atoms with E-state index in [-0.39, 0.29) is 18.1 Å². The molecule has 1 aromatic carbocycles. The van der Waals surface area contributed by atoms with Gasteiger partial charge in [-0.3, -0.25) is 5.41 Å². The van der Waals surface area contributed by atoms with Crippen molar-refractivity contribution in [2.24, 2.45) is 0 Å². The third-order valence-electron chi connectivity index (χ3n) is 3.80. The Labute approximate surface area is 138 Å². The summed E-state index contributed by atoms with van der Waals surface area (Å²) in [4.78, 5) is 7.35. The van der Waals surface area contributed by atoms with Crippen LogP contribution >= 0.6 is 22.9 Å². The molecule has 0 saturated carbocycles. The zero-order valence-corrected chi connectivity index (χ0v) is 14.1. The van der Waals surface area contributed by atoms with Gasteiger partial charge in [0, 0.05) is 15.6 Å². The van der Waals surface area contributed by atoms with Crippen LogP contribution in [0, 0.1) is 26.2 Å². The maximum atomic E-state index is 10.3. The molecular formula is C16H16ClN3OS. The molecule has 2 aromatic rings. The van der Waals surface area contributed by atoms with Gasteiger partial charge in [0.1, 0.15) is 16.6 Å². The summed E-state index contributed by atoms with van der Waals surface area (Å²) in [5, 5.41) is 20.1. The average molecular weight is 334 g/mol. The second-order valence-corrected chi connectivity index (χ2v) is 6.99. The van der Waals surface area contributed by atoms with Crippen molar-refractivity contribution < 1.29 is 5.11 Å². The quantitative estimate of drug-likeness (QED) is 0.851. The Balaban J connectivity index is 1.99. The highest BCUT2D eigenvalue weighted by Gasteiger charge is 2.32. The largest absolute Gasteiger partial charge is 0.510 e. The van der Waals surface area contributed by atoms with E-state index in [0.717, 1.165) is 21.8 Å². The Bertz CT molecular complexity index is 790. The van der Waals surface area contributed by atoms with Gasteiger partial charge in [0.2, 0.25) is 0 Å². The van der Waals surface area contributed by atoms with Crippen LogP contribution in [0.4, 0.5) is 5.69 Å². The zero-order valence-electron chi connectivity index (χ0n) is 12.6. The van der Waals surface area contributed by atoms with Gasteiger partial charge in [0.15, 0.2) is 0 Å². The van der Waals surface area contributed by atoms with Crippen molar-refractivity contribution >= 4 is 40.0 Å². The number of thiazole rings is 1. The molecular weight excluding hydrogens is 318 g/mol. The van der Waals surface area contributed by atoms with Crippen molar-refractivity contribution in [3.63, 3.8) is 0 Å². The molecule has 2 N–H and O–H groups in total. The molecule has 22 heavy (non-hydrogen) atoms. The van der Waals surface area contributed by atoms with Crippen molar-refractivity contribution in [1.29, 1.82) is 5.41 Å². The number of anilines is 1. The van der Waals surface area contributed by atoms with Crippen molar-refractivity contribution in [2.75, 3.05) is 11.4 Å². The van der Waals surface area contributed by atoms with Crippen molar-refractivity contribution in [3.8, 4) is 0 Å². The highest BCUT2D eigenvalue weighted by Crippen LogP contribution is 2.35. The SMILES string of the molecule is Cc1cc(Cl)ccc1N1CC(O)=C(c2nc(C)c(C)s2)C1=N. The maximum Gasteiger partial charge on any atom is 0.139 e. The first-order valence-electron chi connectivity index (χ1n) is 6.87. The Morgan fingerprint density at radius 3 is 2.64 bits per heavy atom. The third kappa shape index (κ3) is 2.40. The van der Waals surface area contributed by atoms with Crippen molar-refractivity contribution in [2.45, 2.75) is 20.8 Å². The lowest BCUT2D eigenvalue weighted by Crippen LogP contribution is -2.26. The predicted molar refractivity (Wildman–Crippen MR) is 92.4 cm³/mol. The minimum absolute atomic E-state index is 0.188. The van der Waals surface area contributed by atoms with Gasteiger partial charge in [-0.1, -0.05) is 11.6 Å². The molecule has 0 unspecified atom stereocenters. The number of halogens is 1. The summed E-state index contributed by atoms with van der Waals surface area (Å²) in [5.41, 5.74) is 3.31. The number of benzene rings is 1. The fourth-order valence-corrected chi connectivity index (χ4v) is 3.72. The maximum absolute atomic E-state index is 10.3. The van der Waals surface area contributed by atoms with E-state index in [1.807, 2.05) is 32.9 Å². The molecule has 3 rings (SSSR count). The number of aromatic nitrogens is 1. The van der Waals surface area contributed by atoms with Gasteiger partial charge < -0.3 is 10.0 Å². The molecule has 0 amide bonds. The summed E-state index contributed by atoms with van der Waals surface area (Å²) in [6, 6.07) is 5.53. The summed E-state index contributed by atoms with van der Waals surface area (Å²) in [7, 11) is 0. The molecule has 0 saturated heterocycles. The van der Waals surface area contributed by atoms with E-state index in [2.05, 4.69) is 4.98 Å². The summed E-state index contributed by atoms with van der Waals surface area (Å²) in [6.07, 6.45) is 0. The van der Waals surface area contributed by atoms with Crippen LogP contribution in [0.5, 0.6) is 0 Å². The Hall–Kier alpha value is -1.85. The molecule has 0 bridgehead atoms. The smallest absolute Gasteiger partial charge is 0.139 e.